The lowest BCUT2D eigenvalue weighted by Gasteiger charge is -2.12. The lowest BCUT2D eigenvalue weighted by atomic mass is 10.3. The third kappa shape index (κ3) is 2.52. The zero-order valence-corrected chi connectivity index (χ0v) is 10.5. The number of nitrogens with two attached hydrogens (primary N) is 1. The predicted octanol–water partition coefficient (Wildman–Crippen LogP) is 2.81. The lowest BCUT2D eigenvalue weighted by molar-refractivity contribution is 0.277. The van der Waals surface area contributed by atoms with Gasteiger partial charge in [-0.1, -0.05) is 11.6 Å². The van der Waals surface area contributed by atoms with Crippen LogP contribution >= 0.6 is 34.2 Å². The Bertz CT molecular complexity index is 352. The first-order valence-electron chi connectivity index (χ1n) is 4.46. The van der Waals surface area contributed by atoms with E-state index in [1.165, 1.54) is 0 Å². The van der Waals surface area contributed by atoms with Crippen molar-refractivity contribution >= 4 is 34.2 Å². The van der Waals surface area contributed by atoms with E-state index in [4.69, 9.17) is 22.1 Å². The Kier molecular flexibility index (Phi) is 2.91. The number of halogens is 2. The molecule has 1 aliphatic carbocycles. The van der Waals surface area contributed by atoms with Crippen LogP contribution < -0.4 is 10.5 Å². The molecule has 0 unspecified atom stereocenters. The Morgan fingerprint density at radius 3 is 2.79 bits per heavy atom. The maximum atomic E-state index is 5.92. The van der Waals surface area contributed by atoms with Crippen LogP contribution in [0.1, 0.15) is 12.8 Å². The van der Waals surface area contributed by atoms with E-state index < -0.39 is 0 Å². The first-order chi connectivity index (χ1) is 6.59. The summed E-state index contributed by atoms with van der Waals surface area (Å²) in [5, 5.41) is 0.732. The van der Waals surface area contributed by atoms with Crippen LogP contribution in [0.25, 0.3) is 0 Å². The predicted molar refractivity (Wildman–Crippen MR) is 65.8 cm³/mol. The van der Waals surface area contributed by atoms with Crippen molar-refractivity contribution in [1.82, 2.24) is 0 Å². The smallest absolute Gasteiger partial charge is 0.132 e. The molecule has 0 heterocycles. The molecule has 0 atom stereocenters. The van der Waals surface area contributed by atoms with Crippen LogP contribution in [0.2, 0.25) is 5.02 Å². The van der Waals surface area contributed by atoms with Crippen LogP contribution in [-0.4, -0.2) is 12.1 Å². The number of benzene rings is 1. The van der Waals surface area contributed by atoms with Gasteiger partial charge in [0.2, 0.25) is 0 Å². The van der Waals surface area contributed by atoms with Crippen molar-refractivity contribution in [3.8, 4) is 5.75 Å². The second-order valence-corrected chi connectivity index (χ2v) is 5.32. The Labute approximate surface area is 102 Å². The fourth-order valence-electron chi connectivity index (χ4n) is 1.12. The summed E-state index contributed by atoms with van der Waals surface area (Å²) >= 11 is 8.04. The number of ether oxygens (including phenoxy) is 1. The highest BCUT2D eigenvalue weighted by atomic mass is 127. The molecule has 2 nitrogen and oxygen atoms in total. The summed E-state index contributed by atoms with van der Waals surface area (Å²) in [7, 11) is 0. The van der Waals surface area contributed by atoms with Gasteiger partial charge in [0, 0.05) is 5.02 Å². The van der Waals surface area contributed by atoms with Crippen molar-refractivity contribution in [2.75, 3.05) is 6.61 Å². The van der Waals surface area contributed by atoms with Crippen LogP contribution in [0.3, 0.4) is 0 Å². The minimum Gasteiger partial charge on any atom is -0.491 e. The van der Waals surface area contributed by atoms with Gasteiger partial charge < -0.3 is 10.5 Å². The molecule has 1 saturated carbocycles. The van der Waals surface area contributed by atoms with Gasteiger partial charge in [0.15, 0.2) is 0 Å². The Hall–Kier alpha value is -0.000000000000000111. The summed E-state index contributed by atoms with van der Waals surface area (Å²) in [6.45, 7) is 0.602. The summed E-state index contributed by atoms with van der Waals surface area (Å²) in [4.78, 5) is 0. The largest absolute Gasteiger partial charge is 0.491 e. The second kappa shape index (κ2) is 3.87. The first kappa shape index (κ1) is 10.5. The third-order valence-electron chi connectivity index (χ3n) is 2.30. The number of hydrogen-bond donors (Lipinski definition) is 1. The molecule has 4 heteroatoms. The van der Waals surface area contributed by atoms with E-state index in [0.717, 1.165) is 27.2 Å². The Morgan fingerprint density at radius 2 is 2.21 bits per heavy atom. The molecule has 2 rings (SSSR count). The molecule has 1 aromatic carbocycles. The molecular weight excluding hydrogens is 312 g/mol. The van der Waals surface area contributed by atoms with Gasteiger partial charge in [0.25, 0.3) is 0 Å². The second-order valence-electron chi connectivity index (χ2n) is 3.73. The molecule has 2 N–H and O–H groups in total. The fourth-order valence-corrected chi connectivity index (χ4v) is 2.15. The zero-order valence-electron chi connectivity index (χ0n) is 7.59. The van der Waals surface area contributed by atoms with Gasteiger partial charge in [0.05, 0.1) is 9.11 Å². The van der Waals surface area contributed by atoms with Crippen molar-refractivity contribution in [1.29, 1.82) is 0 Å². The van der Waals surface area contributed by atoms with Crippen LogP contribution in [0, 0.1) is 3.57 Å². The first-order valence-corrected chi connectivity index (χ1v) is 5.91. The highest BCUT2D eigenvalue weighted by molar-refractivity contribution is 14.1. The van der Waals surface area contributed by atoms with E-state index in [9.17, 15) is 0 Å². The summed E-state index contributed by atoms with van der Waals surface area (Å²) in [6.07, 6.45) is 2.13. The highest BCUT2D eigenvalue weighted by Crippen LogP contribution is 2.33. The number of rotatable bonds is 3. The third-order valence-corrected chi connectivity index (χ3v) is 3.38. The fraction of sp³-hybridized carbons (Fsp3) is 0.400. The molecule has 1 aromatic rings. The van der Waals surface area contributed by atoms with Crippen LogP contribution in [0.5, 0.6) is 5.75 Å². The van der Waals surface area contributed by atoms with Crippen LogP contribution in [0.4, 0.5) is 0 Å². The maximum absolute atomic E-state index is 5.92. The molecular formula is C10H11ClINO. The lowest BCUT2D eigenvalue weighted by Crippen LogP contribution is -2.29. The SMILES string of the molecule is NC1(COc2ccc(Cl)cc2I)CC1. The molecule has 0 bridgehead atoms. The van der Waals surface area contributed by atoms with Gasteiger partial charge in [-0.15, -0.1) is 0 Å². The standard InChI is InChI=1S/C10H11ClINO/c11-7-1-2-9(8(12)5-7)14-6-10(13)3-4-10/h1-2,5H,3-4,6,13H2. The molecule has 0 spiro atoms. The van der Waals surface area contributed by atoms with E-state index in [1.807, 2.05) is 18.2 Å². The minimum absolute atomic E-state index is 0.0667. The topological polar surface area (TPSA) is 35.2 Å². The Balaban J connectivity index is 2.02. The highest BCUT2D eigenvalue weighted by Gasteiger charge is 2.39. The minimum atomic E-state index is -0.0667. The molecule has 76 valence electrons. The van der Waals surface area contributed by atoms with E-state index in [1.54, 1.807) is 0 Å². The van der Waals surface area contributed by atoms with Crippen molar-refractivity contribution in [2.45, 2.75) is 18.4 Å². The van der Waals surface area contributed by atoms with E-state index in [2.05, 4.69) is 22.6 Å². The van der Waals surface area contributed by atoms with Gasteiger partial charge in [-0.3, -0.25) is 0 Å². The van der Waals surface area contributed by atoms with Crippen molar-refractivity contribution in [2.24, 2.45) is 5.73 Å². The van der Waals surface area contributed by atoms with Crippen LogP contribution in [-0.2, 0) is 0 Å². The average Bonchev–Trinajstić information content (AvgIpc) is 2.83. The summed E-state index contributed by atoms with van der Waals surface area (Å²) in [5.74, 6) is 0.867. The molecule has 1 aliphatic rings. The van der Waals surface area contributed by atoms with Crippen LogP contribution in [0.15, 0.2) is 18.2 Å². The van der Waals surface area contributed by atoms with E-state index >= 15 is 0 Å². The molecule has 0 amide bonds. The van der Waals surface area contributed by atoms with Gasteiger partial charge in [0.1, 0.15) is 12.4 Å². The summed E-state index contributed by atoms with van der Waals surface area (Å²) in [6, 6.07) is 5.60. The molecule has 0 saturated heterocycles. The summed E-state index contributed by atoms with van der Waals surface area (Å²) in [5.41, 5.74) is 5.85. The maximum Gasteiger partial charge on any atom is 0.132 e. The Morgan fingerprint density at radius 1 is 1.50 bits per heavy atom. The van der Waals surface area contributed by atoms with Crippen molar-refractivity contribution in [3.05, 3.63) is 26.8 Å². The molecule has 0 aliphatic heterocycles. The van der Waals surface area contributed by atoms with Crippen molar-refractivity contribution < 1.29 is 4.74 Å². The molecule has 14 heavy (non-hydrogen) atoms. The molecule has 1 fully saturated rings. The van der Waals surface area contributed by atoms with Gasteiger partial charge >= 0.3 is 0 Å². The average molecular weight is 324 g/mol. The normalized spacial score (nSPS) is 17.9. The zero-order chi connectivity index (χ0) is 10.2. The number of hydrogen-bond acceptors (Lipinski definition) is 2. The van der Waals surface area contributed by atoms with Gasteiger partial charge in [-0.2, -0.15) is 0 Å². The molecule has 0 aromatic heterocycles. The molecule has 0 radical (unpaired) electrons. The van der Waals surface area contributed by atoms with Gasteiger partial charge in [-0.05, 0) is 53.6 Å². The van der Waals surface area contributed by atoms with E-state index in [0.29, 0.717) is 6.61 Å². The summed E-state index contributed by atoms with van der Waals surface area (Å²) < 4.78 is 6.65. The van der Waals surface area contributed by atoms with Crippen molar-refractivity contribution in [3.63, 3.8) is 0 Å². The monoisotopic (exact) mass is 323 g/mol. The van der Waals surface area contributed by atoms with Gasteiger partial charge in [-0.25, -0.2) is 0 Å². The van der Waals surface area contributed by atoms with E-state index in [-0.39, 0.29) is 5.54 Å². The quantitative estimate of drug-likeness (QED) is 0.868.